The molecule has 0 N–H and O–H groups in total. The molecule has 2 saturated heterocycles. The molecule has 2 aliphatic rings. The van der Waals surface area contributed by atoms with Crippen LogP contribution in [0.15, 0.2) is 47.8 Å². The number of hydrogen-bond acceptors (Lipinski definition) is 4. The van der Waals surface area contributed by atoms with E-state index in [4.69, 9.17) is 0 Å². The lowest BCUT2D eigenvalue weighted by Gasteiger charge is -2.46. The molecule has 2 fully saturated rings. The van der Waals surface area contributed by atoms with Gasteiger partial charge in [-0.3, -0.25) is 14.5 Å². The monoisotopic (exact) mass is 369 g/mol. The molecule has 1 aromatic heterocycles. The van der Waals surface area contributed by atoms with Crippen LogP contribution in [-0.4, -0.2) is 60.4 Å². The molecule has 5 nitrogen and oxygen atoms in total. The van der Waals surface area contributed by atoms with Crippen molar-refractivity contribution in [2.24, 2.45) is 0 Å². The Balaban J connectivity index is 1.50. The number of thiophene rings is 1. The van der Waals surface area contributed by atoms with Crippen LogP contribution in [0.2, 0.25) is 0 Å². The zero-order chi connectivity index (χ0) is 18.1. The molecule has 3 heterocycles. The summed E-state index contributed by atoms with van der Waals surface area (Å²) < 4.78 is 0. The SMILES string of the molecule is CN1CC(=O)N(c2ccccc2)C[C@@]12CCN(C(=O)Cc1cccs1)C2. The predicted octanol–water partition coefficient (Wildman–Crippen LogP) is 2.24. The highest BCUT2D eigenvalue weighted by atomic mass is 32.1. The molecule has 1 atom stereocenters. The first kappa shape index (κ1) is 17.2. The number of benzene rings is 1. The molecule has 0 saturated carbocycles. The predicted molar refractivity (Wildman–Crippen MR) is 103 cm³/mol. The van der Waals surface area contributed by atoms with Crippen LogP contribution in [0.5, 0.6) is 0 Å². The lowest BCUT2D eigenvalue weighted by atomic mass is 9.92. The van der Waals surface area contributed by atoms with E-state index < -0.39 is 0 Å². The van der Waals surface area contributed by atoms with Gasteiger partial charge in [-0.25, -0.2) is 0 Å². The van der Waals surface area contributed by atoms with E-state index in [0.29, 0.717) is 26.1 Å². The number of amides is 2. The van der Waals surface area contributed by atoms with Gasteiger partial charge in [-0.2, -0.15) is 0 Å². The third kappa shape index (κ3) is 3.15. The maximum atomic E-state index is 12.7. The Bertz CT molecular complexity index is 793. The molecular formula is C20H23N3O2S. The number of carbonyl (C=O) groups is 2. The minimum atomic E-state index is -0.158. The van der Waals surface area contributed by atoms with Gasteiger partial charge in [0.25, 0.3) is 0 Å². The average Bonchev–Trinajstić information content (AvgIpc) is 3.30. The van der Waals surface area contributed by atoms with Crippen molar-refractivity contribution in [3.8, 4) is 0 Å². The zero-order valence-electron chi connectivity index (χ0n) is 14.9. The fourth-order valence-corrected chi connectivity index (χ4v) is 4.68. The minimum absolute atomic E-state index is 0.118. The van der Waals surface area contributed by atoms with Gasteiger partial charge in [0.2, 0.25) is 11.8 Å². The summed E-state index contributed by atoms with van der Waals surface area (Å²) in [6, 6.07) is 13.8. The molecule has 2 amide bonds. The van der Waals surface area contributed by atoms with Crippen LogP contribution in [0, 0.1) is 0 Å². The van der Waals surface area contributed by atoms with Gasteiger partial charge < -0.3 is 9.80 Å². The smallest absolute Gasteiger partial charge is 0.241 e. The molecule has 1 aromatic carbocycles. The molecular weight excluding hydrogens is 346 g/mol. The number of nitrogens with zero attached hydrogens (tertiary/aromatic N) is 3. The number of piperazine rings is 1. The summed E-state index contributed by atoms with van der Waals surface area (Å²) in [6.45, 7) is 2.46. The molecule has 2 aliphatic heterocycles. The van der Waals surface area contributed by atoms with Gasteiger partial charge in [0.1, 0.15) is 0 Å². The zero-order valence-corrected chi connectivity index (χ0v) is 15.7. The fourth-order valence-electron chi connectivity index (χ4n) is 3.99. The maximum absolute atomic E-state index is 12.7. The lowest BCUT2D eigenvalue weighted by Crippen LogP contribution is -2.64. The van der Waals surface area contributed by atoms with Gasteiger partial charge in [0.15, 0.2) is 0 Å². The molecule has 1 spiro atoms. The highest BCUT2D eigenvalue weighted by Crippen LogP contribution is 2.33. The van der Waals surface area contributed by atoms with Gasteiger partial charge in [0, 0.05) is 30.2 Å². The van der Waals surface area contributed by atoms with Crippen LogP contribution in [-0.2, 0) is 16.0 Å². The number of hydrogen-bond donors (Lipinski definition) is 0. The summed E-state index contributed by atoms with van der Waals surface area (Å²) in [5, 5.41) is 2.01. The molecule has 0 unspecified atom stereocenters. The van der Waals surface area contributed by atoms with Gasteiger partial charge in [-0.05, 0) is 37.0 Å². The average molecular weight is 369 g/mol. The Hall–Kier alpha value is -2.18. The van der Waals surface area contributed by atoms with Crippen molar-refractivity contribution in [1.29, 1.82) is 0 Å². The lowest BCUT2D eigenvalue weighted by molar-refractivity contribution is -0.130. The van der Waals surface area contributed by atoms with E-state index in [0.717, 1.165) is 23.5 Å². The Labute approximate surface area is 157 Å². The highest BCUT2D eigenvalue weighted by Gasteiger charge is 2.48. The van der Waals surface area contributed by atoms with Crippen molar-refractivity contribution < 1.29 is 9.59 Å². The van der Waals surface area contributed by atoms with Crippen LogP contribution in [0.3, 0.4) is 0 Å². The van der Waals surface area contributed by atoms with E-state index in [1.807, 2.05) is 64.7 Å². The summed E-state index contributed by atoms with van der Waals surface area (Å²) in [4.78, 5) is 32.4. The number of carbonyl (C=O) groups excluding carboxylic acids is 2. The van der Waals surface area contributed by atoms with Crippen molar-refractivity contribution in [2.45, 2.75) is 18.4 Å². The Morgan fingerprint density at radius 2 is 1.96 bits per heavy atom. The van der Waals surface area contributed by atoms with Crippen molar-refractivity contribution in [1.82, 2.24) is 9.80 Å². The molecule has 0 radical (unpaired) electrons. The Morgan fingerprint density at radius 3 is 2.69 bits per heavy atom. The second kappa shape index (κ2) is 6.85. The van der Waals surface area contributed by atoms with Crippen molar-refractivity contribution in [3.63, 3.8) is 0 Å². The van der Waals surface area contributed by atoms with E-state index in [2.05, 4.69) is 4.90 Å². The summed E-state index contributed by atoms with van der Waals surface area (Å²) >= 11 is 1.62. The van der Waals surface area contributed by atoms with Gasteiger partial charge in [0.05, 0.1) is 18.5 Å². The fraction of sp³-hybridized carbons (Fsp3) is 0.400. The minimum Gasteiger partial charge on any atom is -0.340 e. The standard InChI is InChI=1S/C20H23N3O2S/c1-21-13-19(25)23(16-6-3-2-4-7-16)15-20(21)9-10-22(14-20)18(24)12-17-8-5-11-26-17/h2-8,11H,9-10,12-15H2,1H3/t20-/m0/s1. The van der Waals surface area contributed by atoms with E-state index in [1.54, 1.807) is 11.3 Å². The normalized spacial score (nSPS) is 23.8. The van der Waals surface area contributed by atoms with Crippen LogP contribution in [0.25, 0.3) is 0 Å². The van der Waals surface area contributed by atoms with Crippen molar-refractivity contribution in [2.75, 3.05) is 38.1 Å². The van der Waals surface area contributed by atoms with Crippen molar-refractivity contribution in [3.05, 3.63) is 52.7 Å². The largest absolute Gasteiger partial charge is 0.340 e. The summed E-state index contributed by atoms with van der Waals surface area (Å²) in [6.07, 6.45) is 1.37. The summed E-state index contributed by atoms with van der Waals surface area (Å²) in [5.41, 5.74) is 0.780. The number of para-hydroxylation sites is 1. The molecule has 0 aliphatic carbocycles. The number of rotatable bonds is 3. The molecule has 4 rings (SSSR count). The third-order valence-electron chi connectivity index (χ3n) is 5.59. The number of likely N-dealkylation sites (N-methyl/N-ethyl adjacent to an activating group) is 1. The maximum Gasteiger partial charge on any atom is 0.241 e. The number of likely N-dealkylation sites (tertiary alicyclic amines) is 1. The van der Waals surface area contributed by atoms with Crippen LogP contribution >= 0.6 is 11.3 Å². The van der Waals surface area contributed by atoms with Gasteiger partial charge in [-0.15, -0.1) is 11.3 Å². The molecule has 136 valence electrons. The van der Waals surface area contributed by atoms with E-state index in [1.165, 1.54) is 0 Å². The third-order valence-corrected chi connectivity index (χ3v) is 6.47. The Morgan fingerprint density at radius 1 is 1.15 bits per heavy atom. The van der Waals surface area contributed by atoms with E-state index >= 15 is 0 Å². The van der Waals surface area contributed by atoms with Crippen LogP contribution in [0.4, 0.5) is 5.69 Å². The molecule has 26 heavy (non-hydrogen) atoms. The van der Waals surface area contributed by atoms with Crippen LogP contribution < -0.4 is 4.90 Å². The Kier molecular flexibility index (Phi) is 4.54. The first-order valence-corrected chi connectivity index (χ1v) is 9.82. The molecule has 0 bridgehead atoms. The van der Waals surface area contributed by atoms with Gasteiger partial charge in [-0.1, -0.05) is 24.3 Å². The van der Waals surface area contributed by atoms with E-state index in [-0.39, 0.29) is 17.4 Å². The quantitative estimate of drug-likeness (QED) is 0.833. The second-order valence-electron chi connectivity index (χ2n) is 7.22. The first-order chi connectivity index (χ1) is 12.6. The number of anilines is 1. The molecule has 6 heteroatoms. The summed E-state index contributed by atoms with van der Waals surface area (Å²) in [5.74, 6) is 0.300. The second-order valence-corrected chi connectivity index (χ2v) is 8.25. The topological polar surface area (TPSA) is 43.9 Å². The highest BCUT2D eigenvalue weighted by molar-refractivity contribution is 7.10. The first-order valence-electron chi connectivity index (χ1n) is 8.94. The van der Waals surface area contributed by atoms with Crippen LogP contribution in [0.1, 0.15) is 11.3 Å². The van der Waals surface area contributed by atoms with E-state index in [9.17, 15) is 9.59 Å². The van der Waals surface area contributed by atoms with Gasteiger partial charge >= 0.3 is 0 Å². The summed E-state index contributed by atoms with van der Waals surface area (Å²) in [7, 11) is 2.01. The van der Waals surface area contributed by atoms with Crippen molar-refractivity contribution >= 4 is 28.8 Å². The molecule has 2 aromatic rings.